The van der Waals surface area contributed by atoms with E-state index < -0.39 is 0 Å². The van der Waals surface area contributed by atoms with Gasteiger partial charge in [0.2, 0.25) is 0 Å². The number of halogens is 2. The first kappa shape index (κ1) is 10.8. The lowest BCUT2D eigenvalue weighted by Gasteiger charge is -2.13. The third kappa shape index (κ3) is 2.47. The largest absolute Gasteiger partial charge is 0.305 e. The smallest absolute Gasteiger partial charge is 0.123 e. The molecule has 0 fully saturated rings. The Morgan fingerprint density at radius 3 is 3.13 bits per heavy atom. The van der Waals surface area contributed by atoms with Crippen LogP contribution in [0.25, 0.3) is 0 Å². The van der Waals surface area contributed by atoms with Gasteiger partial charge in [0, 0.05) is 17.1 Å². The Morgan fingerprint density at radius 2 is 2.40 bits per heavy atom. The Kier molecular flexibility index (Phi) is 3.22. The van der Waals surface area contributed by atoms with Gasteiger partial charge in [-0.2, -0.15) is 0 Å². The van der Waals surface area contributed by atoms with Gasteiger partial charge in [0.15, 0.2) is 0 Å². The van der Waals surface area contributed by atoms with Crippen LogP contribution in [-0.2, 0) is 6.42 Å². The summed E-state index contributed by atoms with van der Waals surface area (Å²) in [6.45, 7) is 4.49. The molecule has 1 aliphatic rings. The van der Waals surface area contributed by atoms with E-state index in [0.717, 1.165) is 29.4 Å². The van der Waals surface area contributed by atoms with E-state index in [0.29, 0.717) is 0 Å². The number of aryl methyl sites for hydroxylation is 1. The molecule has 1 atom stereocenters. The second-order valence-corrected chi connectivity index (χ2v) is 4.95. The van der Waals surface area contributed by atoms with Gasteiger partial charge in [0.25, 0.3) is 0 Å². The maximum absolute atomic E-state index is 13.1. The molecule has 1 nitrogen and oxygen atoms in total. The van der Waals surface area contributed by atoms with Crippen LogP contribution in [0.5, 0.6) is 0 Å². The summed E-state index contributed by atoms with van der Waals surface area (Å²) in [4.78, 5) is 0. The van der Waals surface area contributed by atoms with Gasteiger partial charge in [-0.15, -0.1) is 0 Å². The molecule has 0 amide bonds. The average Bonchev–Trinajstić information content (AvgIpc) is 2.57. The van der Waals surface area contributed by atoms with E-state index >= 15 is 0 Å². The molecular formula is C12H13BrFN. The minimum atomic E-state index is -0.153. The summed E-state index contributed by atoms with van der Waals surface area (Å²) in [5.41, 5.74) is 2.36. The highest BCUT2D eigenvalue weighted by Gasteiger charge is 2.22. The number of fused-ring (bicyclic) bond motifs is 1. The van der Waals surface area contributed by atoms with Gasteiger partial charge < -0.3 is 5.32 Å². The highest BCUT2D eigenvalue weighted by Crippen LogP contribution is 2.31. The van der Waals surface area contributed by atoms with Crippen molar-refractivity contribution in [2.45, 2.75) is 18.9 Å². The fraction of sp³-hybridized carbons (Fsp3) is 0.333. The van der Waals surface area contributed by atoms with Crippen molar-refractivity contribution in [3.8, 4) is 0 Å². The second kappa shape index (κ2) is 4.45. The number of hydrogen-bond donors (Lipinski definition) is 1. The first-order valence-corrected chi connectivity index (χ1v) is 5.81. The lowest BCUT2D eigenvalue weighted by Crippen LogP contribution is -2.20. The van der Waals surface area contributed by atoms with Crippen molar-refractivity contribution in [2.24, 2.45) is 0 Å². The monoisotopic (exact) mass is 269 g/mol. The lowest BCUT2D eigenvalue weighted by molar-refractivity contribution is 0.557. The molecule has 80 valence electrons. The van der Waals surface area contributed by atoms with E-state index in [4.69, 9.17) is 0 Å². The summed E-state index contributed by atoms with van der Waals surface area (Å²) >= 11 is 3.31. The van der Waals surface area contributed by atoms with Crippen LogP contribution in [0.4, 0.5) is 4.39 Å². The molecule has 1 aliphatic carbocycles. The molecule has 0 heterocycles. The molecule has 0 radical (unpaired) electrons. The van der Waals surface area contributed by atoms with Crippen LogP contribution in [0, 0.1) is 5.82 Å². The Hall–Kier alpha value is -0.670. The summed E-state index contributed by atoms with van der Waals surface area (Å²) in [5, 5.41) is 3.35. The zero-order valence-corrected chi connectivity index (χ0v) is 9.98. The standard InChI is InChI=1S/C12H13BrFN/c1-8(13)7-15-12-5-3-9-2-4-10(14)6-11(9)12/h2,4,6,12,15H,1,3,5,7H2. The van der Waals surface area contributed by atoms with Crippen LogP contribution >= 0.6 is 15.9 Å². The maximum atomic E-state index is 13.1. The van der Waals surface area contributed by atoms with Gasteiger partial charge in [-0.05, 0) is 36.1 Å². The minimum Gasteiger partial charge on any atom is -0.305 e. The zero-order chi connectivity index (χ0) is 10.8. The lowest BCUT2D eigenvalue weighted by atomic mass is 10.1. The van der Waals surface area contributed by atoms with Crippen molar-refractivity contribution in [1.82, 2.24) is 5.32 Å². The van der Waals surface area contributed by atoms with Crippen molar-refractivity contribution in [2.75, 3.05) is 6.54 Å². The summed E-state index contributed by atoms with van der Waals surface area (Å²) < 4.78 is 14.0. The molecule has 0 saturated heterocycles. The zero-order valence-electron chi connectivity index (χ0n) is 8.39. The van der Waals surface area contributed by atoms with Gasteiger partial charge in [-0.3, -0.25) is 0 Å². The van der Waals surface area contributed by atoms with E-state index in [9.17, 15) is 4.39 Å². The molecule has 0 aromatic heterocycles. The van der Waals surface area contributed by atoms with Gasteiger partial charge >= 0.3 is 0 Å². The quantitative estimate of drug-likeness (QED) is 0.888. The van der Waals surface area contributed by atoms with Crippen LogP contribution in [0.2, 0.25) is 0 Å². The molecule has 1 aromatic carbocycles. The van der Waals surface area contributed by atoms with Crippen molar-refractivity contribution in [3.63, 3.8) is 0 Å². The van der Waals surface area contributed by atoms with Crippen LogP contribution in [0.15, 0.2) is 29.3 Å². The third-order valence-electron chi connectivity index (χ3n) is 2.73. The van der Waals surface area contributed by atoms with Gasteiger partial charge in [0.1, 0.15) is 5.82 Å². The molecule has 2 rings (SSSR count). The molecule has 3 heteroatoms. The molecule has 1 N–H and O–H groups in total. The van der Waals surface area contributed by atoms with E-state index in [1.54, 1.807) is 6.07 Å². The summed E-state index contributed by atoms with van der Waals surface area (Å²) in [5.74, 6) is -0.153. The highest BCUT2D eigenvalue weighted by atomic mass is 79.9. The Balaban J connectivity index is 2.13. The molecule has 0 spiro atoms. The molecule has 1 aromatic rings. The number of hydrogen-bond acceptors (Lipinski definition) is 1. The van der Waals surface area contributed by atoms with Gasteiger partial charge in [-0.25, -0.2) is 4.39 Å². The van der Waals surface area contributed by atoms with E-state index in [2.05, 4.69) is 27.8 Å². The van der Waals surface area contributed by atoms with Crippen molar-refractivity contribution < 1.29 is 4.39 Å². The van der Waals surface area contributed by atoms with E-state index in [-0.39, 0.29) is 11.9 Å². The molecule has 0 bridgehead atoms. The average molecular weight is 270 g/mol. The first-order valence-electron chi connectivity index (χ1n) is 5.02. The van der Waals surface area contributed by atoms with Crippen LogP contribution < -0.4 is 5.32 Å². The second-order valence-electron chi connectivity index (χ2n) is 3.83. The summed E-state index contributed by atoms with van der Waals surface area (Å²) in [7, 11) is 0. The normalized spacial score (nSPS) is 18.9. The summed E-state index contributed by atoms with van der Waals surface area (Å²) in [6.07, 6.45) is 2.07. The molecule has 0 saturated carbocycles. The maximum Gasteiger partial charge on any atom is 0.123 e. The van der Waals surface area contributed by atoms with Gasteiger partial charge in [0.05, 0.1) is 0 Å². The van der Waals surface area contributed by atoms with Crippen LogP contribution in [-0.4, -0.2) is 6.54 Å². The molecule has 1 unspecified atom stereocenters. The van der Waals surface area contributed by atoms with Crippen molar-refractivity contribution in [1.29, 1.82) is 0 Å². The van der Waals surface area contributed by atoms with Crippen molar-refractivity contribution >= 4 is 15.9 Å². The predicted octanol–water partition coefficient (Wildman–Crippen LogP) is 3.31. The van der Waals surface area contributed by atoms with Crippen LogP contribution in [0.1, 0.15) is 23.6 Å². The fourth-order valence-corrected chi connectivity index (χ4v) is 2.18. The van der Waals surface area contributed by atoms with E-state index in [1.807, 2.05) is 6.07 Å². The van der Waals surface area contributed by atoms with Gasteiger partial charge in [-0.1, -0.05) is 28.6 Å². The number of rotatable bonds is 3. The highest BCUT2D eigenvalue weighted by molar-refractivity contribution is 9.11. The number of nitrogens with one attached hydrogen (secondary N) is 1. The summed E-state index contributed by atoms with van der Waals surface area (Å²) in [6, 6.07) is 5.32. The predicted molar refractivity (Wildman–Crippen MR) is 63.5 cm³/mol. The van der Waals surface area contributed by atoms with Crippen molar-refractivity contribution in [3.05, 3.63) is 46.2 Å². The first-order chi connectivity index (χ1) is 7.16. The fourth-order valence-electron chi connectivity index (χ4n) is 2.02. The molecular weight excluding hydrogens is 257 g/mol. The van der Waals surface area contributed by atoms with Crippen LogP contribution in [0.3, 0.4) is 0 Å². The molecule has 15 heavy (non-hydrogen) atoms. The topological polar surface area (TPSA) is 12.0 Å². The SMILES string of the molecule is C=C(Br)CNC1CCc2ccc(F)cc21. The Morgan fingerprint density at radius 1 is 1.60 bits per heavy atom. The molecule has 0 aliphatic heterocycles. The number of benzene rings is 1. The minimum absolute atomic E-state index is 0.153. The Labute approximate surface area is 97.5 Å². The Bertz CT molecular complexity index is 389. The van der Waals surface area contributed by atoms with E-state index in [1.165, 1.54) is 11.6 Å². The third-order valence-corrected chi connectivity index (χ3v) is 3.01.